The standard InChI is InChI=1S/C13H18N2O2/c14-10-2-1-3-12(8-10)15-11-6-4-9(5-7-11)13(16)17/h4-7,10,12,15H,1-3,8,14H2,(H,16,17). The third-order valence-corrected chi connectivity index (χ3v) is 3.22. The molecular formula is C13H18N2O2. The fraction of sp³-hybridized carbons (Fsp3) is 0.462. The molecule has 0 radical (unpaired) electrons. The highest BCUT2D eigenvalue weighted by molar-refractivity contribution is 5.87. The smallest absolute Gasteiger partial charge is 0.335 e. The van der Waals surface area contributed by atoms with Gasteiger partial charge in [0, 0.05) is 17.8 Å². The maximum Gasteiger partial charge on any atom is 0.335 e. The molecule has 2 unspecified atom stereocenters. The van der Waals surface area contributed by atoms with Gasteiger partial charge in [0.05, 0.1) is 5.56 Å². The number of hydrogen-bond acceptors (Lipinski definition) is 3. The number of nitrogens with two attached hydrogens (primary N) is 1. The van der Waals surface area contributed by atoms with Crippen LogP contribution < -0.4 is 11.1 Å². The lowest BCUT2D eigenvalue weighted by Crippen LogP contribution is -2.34. The van der Waals surface area contributed by atoms with Crippen LogP contribution in [0.2, 0.25) is 0 Å². The molecular weight excluding hydrogens is 216 g/mol. The van der Waals surface area contributed by atoms with E-state index in [2.05, 4.69) is 5.32 Å². The molecule has 1 aliphatic rings. The van der Waals surface area contributed by atoms with Crippen LogP contribution in [0.15, 0.2) is 24.3 Å². The minimum absolute atomic E-state index is 0.291. The maximum absolute atomic E-state index is 10.7. The van der Waals surface area contributed by atoms with Crippen LogP contribution in [0.4, 0.5) is 5.69 Å². The van der Waals surface area contributed by atoms with Crippen molar-refractivity contribution in [2.45, 2.75) is 37.8 Å². The Balaban J connectivity index is 1.96. The number of benzene rings is 1. The number of carboxylic acid groups (broad SMARTS) is 1. The van der Waals surface area contributed by atoms with E-state index in [4.69, 9.17) is 10.8 Å². The van der Waals surface area contributed by atoms with Gasteiger partial charge in [-0.25, -0.2) is 4.79 Å². The Labute approximate surface area is 101 Å². The number of nitrogens with one attached hydrogen (secondary N) is 1. The zero-order valence-electron chi connectivity index (χ0n) is 9.73. The van der Waals surface area contributed by atoms with Gasteiger partial charge < -0.3 is 16.2 Å². The van der Waals surface area contributed by atoms with Crippen LogP contribution in [-0.4, -0.2) is 23.2 Å². The fourth-order valence-electron chi connectivity index (χ4n) is 2.30. The Morgan fingerprint density at radius 2 is 2.00 bits per heavy atom. The second-order valence-electron chi connectivity index (χ2n) is 4.65. The van der Waals surface area contributed by atoms with Crippen LogP contribution >= 0.6 is 0 Å². The van der Waals surface area contributed by atoms with Crippen molar-refractivity contribution in [1.82, 2.24) is 0 Å². The Bertz CT molecular complexity index is 389. The van der Waals surface area contributed by atoms with E-state index in [1.54, 1.807) is 12.1 Å². The largest absolute Gasteiger partial charge is 0.478 e. The summed E-state index contributed by atoms with van der Waals surface area (Å²) in [5, 5.41) is 12.2. The summed E-state index contributed by atoms with van der Waals surface area (Å²) in [6.07, 6.45) is 4.39. The molecule has 0 heterocycles. The summed E-state index contributed by atoms with van der Waals surface area (Å²) in [5.41, 5.74) is 7.21. The number of rotatable bonds is 3. The molecule has 2 atom stereocenters. The van der Waals surface area contributed by atoms with E-state index in [-0.39, 0.29) is 0 Å². The summed E-state index contributed by atoms with van der Waals surface area (Å²) in [6, 6.07) is 7.56. The van der Waals surface area contributed by atoms with Crippen molar-refractivity contribution in [2.24, 2.45) is 5.73 Å². The summed E-state index contributed by atoms with van der Waals surface area (Å²) in [7, 11) is 0. The molecule has 1 aromatic rings. The highest BCUT2D eigenvalue weighted by Crippen LogP contribution is 2.21. The summed E-state index contributed by atoms with van der Waals surface area (Å²) in [5.74, 6) is -0.892. The molecule has 0 spiro atoms. The van der Waals surface area contributed by atoms with E-state index in [9.17, 15) is 4.79 Å². The number of anilines is 1. The molecule has 0 amide bonds. The molecule has 1 saturated carbocycles. The molecule has 0 bridgehead atoms. The van der Waals surface area contributed by atoms with Gasteiger partial charge in [0.15, 0.2) is 0 Å². The van der Waals surface area contributed by atoms with Crippen molar-refractivity contribution < 1.29 is 9.90 Å². The van der Waals surface area contributed by atoms with Crippen LogP contribution in [0.3, 0.4) is 0 Å². The Hall–Kier alpha value is -1.55. The Kier molecular flexibility index (Phi) is 3.64. The third-order valence-electron chi connectivity index (χ3n) is 3.22. The quantitative estimate of drug-likeness (QED) is 0.748. The van der Waals surface area contributed by atoms with Crippen molar-refractivity contribution in [3.8, 4) is 0 Å². The number of carboxylic acids is 1. The van der Waals surface area contributed by atoms with E-state index in [1.165, 1.54) is 0 Å². The minimum Gasteiger partial charge on any atom is -0.478 e. The summed E-state index contributed by atoms with van der Waals surface area (Å²) < 4.78 is 0. The van der Waals surface area contributed by atoms with Crippen LogP contribution in [0.5, 0.6) is 0 Å². The second kappa shape index (κ2) is 5.19. The van der Waals surface area contributed by atoms with Gasteiger partial charge in [-0.3, -0.25) is 0 Å². The molecule has 0 saturated heterocycles. The molecule has 1 fully saturated rings. The monoisotopic (exact) mass is 234 g/mol. The predicted molar refractivity (Wildman–Crippen MR) is 67.3 cm³/mol. The van der Waals surface area contributed by atoms with Gasteiger partial charge in [0.25, 0.3) is 0 Å². The molecule has 1 aliphatic carbocycles. The summed E-state index contributed by atoms with van der Waals surface area (Å²) in [6.45, 7) is 0. The molecule has 17 heavy (non-hydrogen) atoms. The van der Waals surface area contributed by atoms with E-state index in [0.29, 0.717) is 17.6 Å². The van der Waals surface area contributed by atoms with Gasteiger partial charge >= 0.3 is 5.97 Å². The van der Waals surface area contributed by atoms with Crippen molar-refractivity contribution in [3.05, 3.63) is 29.8 Å². The number of carbonyl (C=O) groups is 1. The highest BCUT2D eigenvalue weighted by Gasteiger charge is 2.18. The predicted octanol–water partition coefficient (Wildman–Crippen LogP) is 2.07. The van der Waals surface area contributed by atoms with Gasteiger partial charge in [-0.1, -0.05) is 0 Å². The molecule has 4 N–H and O–H groups in total. The minimum atomic E-state index is -0.892. The van der Waals surface area contributed by atoms with Crippen LogP contribution in [0, 0.1) is 0 Å². The van der Waals surface area contributed by atoms with Crippen molar-refractivity contribution in [3.63, 3.8) is 0 Å². The summed E-state index contributed by atoms with van der Waals surface area (Å²) >= 11 is 0. The van der Waals surface area contributed by atoms with Crippen molar-refractivity contribution >= 4 is 11.7 Å². The van der Waals surface area contributed by atoms with E-state index >= 15 is 0 Å². The van der Waals surface area contributed by atoms with Crippen LogP contribution in [0.1, 0.15) is 36.0 Å². The molecule has 4 heteroatoms. The molecule has 2 rings (SSSR count). The lowest BCUT2D eigenvalue weighted by molar-refractivity contribution is 0.0697. The average molecular weight is 234 g/mol. The molecule has 92 valence electrons. The fourth-order valence-corrected chi connectivity index (χ4v) is 2.30. The molecule has 0 aromatic heterocycles. The first-order chi connectivity index (χ1) is 8.15. The maximum atomic E-state index is 10.7. The van der Waals surface area contributed by atoms with Gasteiger partial charge in [-0.15, -0.1) is 0 Å². The van der Waals surface area contributed by atoms with Crippen LogP contribution in [-0.2, 0) is 0 Å². The van der Waals surface area contributed by atoms with Crippen molar-refractivity contribution in [1.29, 1.82) is 0 Å². The van der Waals surface area contributed by atoms with Crippen LogP contribution in [0.25, 0.3) is 0 Å². The molecule has 4 nitrogen and oxygen atoms in total. The van der Waals surface area contributed by atoms with Gasteiger partial charge in [-0.2, -0.15) is 0 Å². The Morgan fingerprint density at radius 1 is 1.29 bits per heavy atom. The summed E-state index contributed by atoms with van der Waals surface area (Å²) in [4.78, 5) is 10.7. The Morgan fingerprint density at radius 3 is 2.59 bits per heavy atom. The average Bonchev–Trinajstić information content (AvgIpc) is 2.29. The third kappa shape index (κ3) is 3.20. The highest BCUT2D eigenvalue weighted by atomic mass is 16.4. The van der Waals surface area contributed by atoms with E-state index < -0.39 is 5.97 Å². The molecule has 0 aliphatic heterocycles. The first-order valence-corrected chi connectivity index (χ1v) is 6.00. The van der Waals surface area contributed by atoms with Gasteiger partial charge in [0.2, 0.25) is 0 Å². The zero-order valence-corrected chi connectivity index (χ0v) is 9.73. The van der Waals surface area contributed by atoms with E-state index in [0.717, 1.165) is 31.4 Å². The van der Waals surface area contributed by atoms with Crippen molar-refractivity contribution in [2.75, 3.05) is 5.32 Å². The van der Waals surface area contributed by atoms with E-state index in [1.807, 2.05) is 12.1 Å². The number of hydrogen-bond donors (Lipinski definition) is 3. The second-order valence-corrected chi connectivity index (χ2v) is 4.65. The normalized spacial score (nSPS) is 24.3. The lowest BCUT2D eigenvalue weighted by Gasteiger charge is -2.28. The molecule has 1 aromatic carbocycles. The first-order valence-electron chi connectivity index (χ1n) is 6.00. The SMILES string of the molecule is NC1CCCC(Nc2ccc(C(=O)O)cc2)C1. The zero-order chi connectivity index (χ0) is 12.3. The first kappa shape index (κ1) is 11.9. The topological polar surface area (TPSA) is 75.3 Å². The lowest BCUT2D eigenvalue weighted by atomic mass is 9.91. The number of aromatic carboxylic acids is 1. The van der Waals surface area contributed by atoms with Gasteiger partial charge in [-0.05, 0) is 49.9 Å². The van der Waals surface area contributed by atoms with Gasteiger partial charge in [0.1, 0.15) is 0 Å².